The zero-order chi connectivity index (χ0) is 16.9. The van der Waals surface area contributed by atoms with Gasteiger partial charge in [-0.05, 0) is 39.0 Å². The minimum absolute atomic E-state index is 0. The smallest absolute Gasteiger partial charge is 0.325 e. The molecule has 0 aromatic heterocycles. The summed E-state index contributed by atoms with van der Waals surface area (Å²) in [5, 5.41) is 6.41. The molecular formula is C17H27ClN4O3. The van der Waals surface area contributed by atoms with Gasteiger partial charge in [-0.25, -0.2) is 9.69 Å². The Morgan fingerprint density at radius 2 is 1.84 bits per heavy atom. The van der Waals surface area contributed by atoms with Gasteiger partial charge in [-0.15, -0.1) is 12.4 Å². The number of rotatable bonds is 2. The number of halogens is 1. The summed E-state index contributed by atoms with van der Waals surface area (Å²) in [6.07, 6.45) is 6.48. The Kier molecular flexibility index (Phi) is 4.99. The lowest BCUT2D eigenvalue weighted by Crippen LogP contribution is -2.52. The minimum Gasteiger partial charge on any atom is -0.339 e. The van der Waals surface area contributed by atoms with E-state index in [-0.39, 0.29) is 24.2 Å². The molecule has 0 aromatic rings. The summed E-state index contributed by atoms with van der Waals surface area (Å²) >= 11 is 0. The first-order valence-corrected chi connectivity index (χ1v) is 9.21. The number of likely N-dealkylation sites (tertiary alicyclic amines) is 1. The summed E-state index contributed by atoms with van der Waals surface area (Å²) in [4.78, 5) is 41.1. The summed E-state index contributed by atoms with van der Waals surface area (Å²) in [5.41, 5.74) is -0.745. The zero-order valence-electron chi connectivity index (χ0n) is 14.6. The molecule has 3 unspecified atom stereocenters. The van der Waals surface area contributed by atoms with Crippen molar-refractivity contribution in [2.45, 2.75) is 75.5 Å². The van der Waals surface area contributed by atoms with Crippen LogP contribution < -0.4 is 10.6 Å². The second-order valence-corrected chi connectivity index (χ2v) is 7.78. The Morgan fingerprint density at radius 1 is 1.16 bits per heavy atom. The van der Waals surface area contributed by atoms with E-state index in [9.17, 15) is 14.4 Å². The molecule has 3 saturated heterocycles. The van der Waals surface area contributed by atoms with Gasteiger partial charge in [0.25, 0.3) is 5.91 Å². The van der Waals surface area contributed by atoms with E-state index in [2.05, 4.69) is 10.6 Å². The molecule has 25 heavy (non-hydrogen) atoms. The average molecular weight is 371 g/mol. The molecule has 8 heteroatoms. The molecule has 1 saturated carbocycles. The number of fused-ring (bicyclic) bond motifs is 2. The SMILES string of the molecule is CC(C(=O)N1CCC2CCC(C1)N2)N1C(=O)NC2(CCCC2)C1=O.Cl. The summed E-state index contributed by atoms with van der Waals surface area (Å²) < 4.78 is 0. The van der Waals surface area contributed by atoms with E-state index in [0.29, 0.717) is 38.0 Å². The standard InChI is InChI=1S/C17H26N4O3.ClH/c1-11(14(22)20-9-6-12-4-5-13(10-20)18-12)21-15(23)17(19-16(21)24)7-2-3-8-17;/h11-13,18H,2-10H2,1H3,(H,19,24);1H. The van der Waals surface area contributed by atoms with Crippen molar-refractivity contribution in [1.82, 2.24) is 20.4 Å². The highest BCUT2D eigenvalue weighted by molar-refractivity contribution is 6.09. The highest BCUT2D eigenvalue weighted by Crippen LogP contribution is 2.36. The van der Waals surface area contributed by atoms with E-state index in [0.717, 1.165) is 25.7 Å². The van der Waals surface area contributed by atoms with E-state index in [1.165, 1.54) is 11.3 Å². The fourth-order valence-corrected chi connectivity index (χ4v) is 4.83. The van der Waals surface area contributed by atoms with Crippen molar-refractivity contribution >= 4 is 30.3 Å². The van der Waals surface area contributed by atoms with Crippen LogP contribution in [0.15, 0.2) is 0 Å². The number of amides is 4. The van der Waals surface area contributed by atoms with E-state index in [4.69, 9.17) is 0 Å². The van der Waals surface area contributed by atoms with Crippen molar-refractivity contribution in [3.05, 3.63) is 0 Å². The zero-order valence-corrected chi connectivity index (χ0v) is 15.4. The molecule has 2 N–H and O–H groups in total. The predicted molar refractivity (Wildman–Crippen MR) is 94.4 cm³/mol. The molecule has 4 amide bonds. The fraction of sp³-hybridized carbons (Fsp3) is 0.824. The highest BCUT2D eigenvalue weighted by atomic mass is 35.5. The van der Waals surface area contributed by atoms with Crippen molar-refractivity contribution in [2.75, 3.05) is 13.1 Å². The fourth-order valence-electron chi connectivity index (χ4n) is 4.83. The van der Waals surface area contributed by atoms with Gasteiger partial charge in [-0.2, -0.15) is 0 Å². The molecule has 4 aliphatic rings. The molecule has 7 nitrogen and oxygen atoms in total. The third-order valence-corrected chi connectivity index (χ3v) is 6.23. The molecule has 2 bridgehead atoms. The summed E-state index contributed by atoms with van der Waals surface area (Å²) in [7, 11) is 0. The number of carbonyl (C=O) groups is 3. The van der Waals surface area contributed by atoms with Crippen molar-refractivity contribution in [3.8, 4) is 0 Å². The van der Waals surface area contributed by atoms with Crippen molar-refractivity contribution < 1.29 is 14.4 Å². The van der Waals surface area contributed by atoms with Crippen LogP contribution >= 0.6 is 12.4 Å². The average Bonchev–Trinajstić information content (AvgIpc) is 3.19. The number of hydrogen-bond acceptors (Lipinski definition) is 4. The maximum Gasteiger partial charge on any atom is 0.325 e. The van der Waals surface area contributed by atoms with Crippen LogP contribution in [0.4, 0.5) is 4.79 Å². The van der Waals surface area contributed by atoms with Gasteiger partial charge in [-0.1, -0.05) is 12.8 Å². The molecule has 140 valence electrons. The maximum atomic E-state index is 12.9. The molecule has 4 rings (SSSR count). The first kappa shape index (κ1) is 18.5. The normalized spacial score (nSPS) is 31.7. The van der Waals surface area contributed by atoms with E-state index >= 15 is 0 Å². The number of nitrogens with one attached hydrogen (secondary N) is 2. The quantitative estimate of drug-likeness (QED) is 0.711. The molecule has 0 radical (unpaired) electrons. The van der Waals surface area contributed by atoms with E-state index in [1.807, 2.05) is 4.90 Å². The highest BCUT2D eigenvalue weighted by Gasteiger charge is 2.55. The van der Waals surface area contributed by atoms with Crippen molar-refractivity contribution in [2.24, 2.45) is 0 Å². The summed E-state index contributed by atoms with van der Waals surface area (Å²) in [6, 6.07) is -0.286. The lowest BCUT2D eigenvalue weighted by Gasteiger charge is -2.30. The third kappa shape index (κ3) is 3.01. The second-order valence-electron chi connectivity index (χ2n) is 7.78. The van der Waals surface area contributed by atoms with E-state index in [1.54, 1.807) is 6.92 Å². The van der Waals surface area contributed by atoms with Crippen LogP contribution in [0.5, 0.6) is 0 Å². The second kappa shape index (κ2) is 6.76. The molecular weight excluding hydrogens is 344 g/mol. The third-order valence-electron chi connectivity index (χ3n) is 6.23. The minimum atomic E-state index is -0.745. The topological polar surface area (TPSA) is 81.8 Å². The van der Waals surface area contributed by atoms with Crippen LogP contribution in [0.2, 0.25) is 0 Å². The van der Waals surface area contributed by atoms with Crippen molar-refractivity contribution in [3.63, 3.8) is 0 Å². The lowest BCUT2D eigenvalue weighted by atomic mass is 9.97. The lowest BCUT2D eigenvalue weighted by molar-refractivity contribution is -0.143. The van der Waals surface area contributed by atoms with Gasteiger partial charge in [0.05, 0.1) is 0 Å². The number of nitrogens with zero attached hydrogens (tertiary/aromatic N) is 2. The van der Waals surface area contributed by atoms with Crippen LogP contribution in [0, 0.1) is 0 Å². The van der Waals surface area contributed by atoms with E-state index < -0.39 is 17.6 Å². The molecule has 3 atom stereocenters. The Hall–Kier alpha value is -1.34. The first-order chi connectivity index (χ1) is 11.5. The number of imide groups is 1. The largest absolute Gasteiger partial charge is 0.339 e. The number of carbonyl (C=O) groups excluding carboxylic acids is 3. The molecule has 1 aliphatic carbocycles. The van der Waals surface area contributed by atoms with Crippen molar-refractivity contribution in [1.29, 1.82) is 0 Å². The molecule has 0 aromatic carbocycles. The van der Waals surface area contributed by atoms with Gasteiger partial charge in [-0.3, -0.25) is 9.59 Å². The van der Waals surface area contributed by atoms with Gasteiger partial charge in [0.1, 0.15) is 11.6 Å². The first-order valence-electron chi connectivity index (χ1n) is 9.21. The molecule has 3 heterocycles. The number of urea groups is 1. The van der Waals surface area contributed by atoms with Gasteiger partial charge in [0.15, 0.2) is 0 Å². The van der Waals surface area contributed by atoms with Gasteiger partial charge in [0, 0.05) is 25.2 Å². The summed E-state index contributed by atoms with van der Waals surface area (Å²) in [6.45, 7) is 3.06. The maximum absolute atomic E-state index is 12.9. The van der Waals surface area contributed by atoms with Crippen LogP contribution in [0.1, 0.15) is 51.9 Å². The van der Waals surface area contributed by atoms with Crippen LogP contribution in [-0.2, 0) is 9.59 Å². The summed E-state index contributed by atoms with van der Waals surface area (Å²) in [5.74, 6) is -0.316. The van der Waals surface area contributed by atoms with Crippen LogP contribution in [0.3, 0.4) is 0 Å². The van der Waals surface area contributed by atoms with Crippen LogP contribution in [0.25, 0.3) is 0 Å². The van der Waals surface area contributed by atoms with Gasteiger partial charge in [0.2, 0.25) is 5.91 Å². The number of hydrogen-bond donors (Lipinski definition) is 2. The van der Waals surface area contributed by atoms with Gasteiger partial charge >= 0.3 is 6.03 Å². The molecule has 1 spiro atoms. The van der Waals surface area contributed by atoms with Crippen LogP contribution in [-0.4, -0.2) is 64.4 Å². The Balaban J connectivity index is 0.00000182. The monoisotopic (exact) mass is 370 g/mol. The Bertz CT molecular complexity index is 578. The van der Waals surface area contributed by atoms with Gasteiger partial charge < -0.3 is 15.5 Å². The Morgan fingerprint density at radius 3 is 2.56 bits per heavy atom. The predicted octanol–water partition coefficient (Wildman–Crippen LogP) is 1.01. The molecule has 4 fully saturated rings. The molecule has 3 aliphatic heterocycles. The Labute approximate surface area is 154 Å².